The van der Waals surface area contributed by atoms with Gasteiger partial charge in [-0.05, 0) is 36.0 Å². The molecule has 0 radical (unpaired) electrons. The summed E-state index contributed by atoms with van der Waals surface area (Å²) in [6, 6.07) is 0. The molecule has 0 aliphatic heterocycles. The minimum atomic E-state index is 0.949. The van der Waals surface area contributed by atoms with E-state index in [4.69, 9.17) is 0 Å². The van der Waals surface area contributed by atoms with E-state index in [9.17, 15) is 0 Å². The van der Waals surface area contributed by atoms with Crippen molar-refractivity contribution in [2.24, 2.45) is 29.6 Å². The molecule has 0 bridgehead atoms. The van der Waals surface area contributed by atoms with E-state index in [1.807, 2.05) is 0 Å². The van der Waals surface area contributed by atoms with Crippen LogP contribution in [0.2, 0.25) is 0 Å². The Bertz CT molecular complexity index is 172. The van der Waals surface area contributed by atoms with Crippen molar-refractivity contribution in [1.29, 1.82) is 0 Å². The van der Waals surface area contributed by atoms with Crippen LogP contribution in [0.3, 0.4) is 0 Å². The van der Waals surface area contributed by atoms with Crippen LogP contribution >= 0.6 is 0 Å². The Balaban J connectivity index is 0. The Hall–Kier alpha value is 0. The van der Waals surface area contributed by atoms with E-state index in [0.717, 1.165) is 29.6 Å². The molecule has 21 heavy (non-hydrogen) atoms. The van der Waals surface area contributed by atoms with Crippen molar-refractivity contribution >= 4 is 0 Å². The second-order valence-electron chi connectivity index (χ2n) is 7.65. The van der Waals surface area contributed by atoms with Gasteiger partial charge < -0.3 is 0 Å². The van der Waals surface area contributed by atoms with Gasteiger partial charge in [0, 0.05) is 0 Å². The molecule has 130 valence electrons. The summed E-state index contributed by atoms with van der Waals surface area (Å²) >= 11 is 0. The van der Waals surface area contributed by atoms with Crippen LogP contribution in [0, 0.1) is 29.6 Å². The van der Waals surface area contributed by atoms with Crippen molar-refractivity contribution in [3.63, 3.8) is 0 Å². The predicted molar refractivity (Wildman–Crippen MR) is 101 cm³/mol. The zero-order valence-electron chi connectivity index (χ0n) is 16.8. The zero-order valence-corrected chi connectivity index (χ0v) is 16.8. The number of rotatable bonds is 6. The molecule has 0 heterocycles. The average Bonchev–Trinajstić information content (AvgIpc) is 2.49. The molecule has 1 aliphatic rings. The maximum Gasteiger partial charge on any atom is -0.0391 e. The summed E-state index contributed by atoms with van der Waals surface area (Å²) in [4.78, 5) is 0. The molecule has 0 aromatic rings. The van der Waals surface area contributed by atoms with Gasteiger partial charge >= 0.3 is 0 Å². The standard InChI is InChI=1S/C7H14.2C7H16/c1-5-4-6(2)7(5)3;2*1-4-6-7(3)5-2/h5-7H,4H2,1-3H3;2*7H,4-6H2,1-3H3. The van der Waals surface area contributed by atoms with E-state index < -0.39 is 0 Å². The highest BCUT2D eigenvalue weighted by Gasteiger charge is 2.29. The molecule has 0 heteroatoms. The van der Waals surface area contributed by atoms with Gasteiger partial charge in [-0.15, -0.1) is 0 Å². The molecule has 0 nitrogen and oxygen atoms in total. The summed E-state index contributed by atoms with van der Waals surface area (Å²) < 4.78 is 0. The topological polar surface area (TPSA) is 0 Å². The molecule has 0 N–H and O–H groups in total. The summed E-state index contributed by atoms with van der Waals surface area (Å²) in [6.07, 6.45) is 9.62. The smallest absolute Gasteiger partial charge is 0.0391 e. The minimum absolute atomic E-state index is 0.949. The van der Waals surface area contributed by atoms with Crippen LogP contribution in [-0.4, -0.2) is 0 Å². The van der Waals surface area contributed by atoms with Gasteiger partial charge in [0.15, 0.2) is 0 Å². The summed E-state index contributed by atoms with van der Waals surface area (Å²) in [5, 5.41) is 0. The molecule has 1 saturated carbocycles. The van der Waals surface area contributed by atoms with Gasteiger partial charge in [-0.2, -0.15) is 0 Å². The largest absolute Gasteiger partial charge is 0.0654 e. The molecule has 0 saturated heterocycles. The van der Waals surface area contributed by atoms with E-state index in [0.29, 0.717) is 0 Å². The predicted octanol–water partition coefficient (Wildman–Crippen LogP) is 7.96. The van der Waals surface area contributed by atoms with Crippen LogP contribution in [-0.2, 0) is 0 Å². The minimum Gasteiger partial charge on any atom is -0.0654 e. The molecular weight excluding hydrogens is 252 g/mol. The molecule has 1 rings (SSSR count). The summed E-state index contributed by atoms with van der Waals surface area (Å²) in [7, 11) is 0. The fourth-order valence-corrected chi connectivity index (χ4v) is 2.77. The Morgan fingerprint density at radius 1 is 0.714 bits per heavy atom. The maximum absolute atomic E-state index is 2.35. The second-order valence-corrected chi connectivity index (χ2v) is 7.65. The van der Waals surface area contributed by atoms with E-state index in [2.05, 4.69) is 62.3 Å². The first-order valence-electron chi connectivity index (χ1n) is 9.83. The third kappa shape index (κ3) is 13.4. The van der Waals surface area contributed by atoms with Crippen molar-refractivity contribution in [2.45, 2.75) is 107 Å². The summed E-state index contributed by atoms with van der Waals surface area (Å²) in [5.41, 5.74) is 0. The highest BCUT2D eigenvalue weighted by Crippen LogP contribution is 2.38. The van der Waals surface area contributed by atoms with Crippen molar-refractivity contribution in [2.75, 3.05) is 0 Å². The number of hydrogen-bond acceptors (Lipinski definition) is 0. The first-order chi connectivity index (χ1) is 9.83. The molecule has 4 atom stereocenters. The van der Waals surface area contributed by atoms with E-state index in [-0.39, 0.29) is 0 Å². The van der Waals surface area contributed by atoms with Gasteiger partial charge in [0.05, 0.1) is 0 Å². The Kier molecular flexibility index (Phi) is 16.5. The van der Waals surface area contributed by atoms with Gasteiger partial charge in [-0.25, -0.2) is 0 Å². The quantitative estimate of drug-likeness (QED) is 0.466. The lowest BCUT2D eigenvalue weighted by Crippen LogP contribution is -2.29. The fraction of sp³-hybridized carbons (Fsp3) is 1.00. The van der Waals surface area contributed by atoms with E-state index in [1.165, 1.54) is 44.9 Å². The molecule has 1 fully saturated rings. The fourth-order valence-electron chi connectivity index (χ4n) is 2.77. The van der Waals surface area contributed by atoms with Crippen molar-refractivity contribution < 1.29 is 0 Å². The number of hydrogen-bond donors (Lipinski definition) is 0. The SMILES string of the molecule is CC1CC(C)C1C.CCCC(C)CC.CCCC(C)CC. The third-order valence-electron chi connectivity index (χ3n) is 5.50. The second kappa shape index (κ2) is 14.9. The summed E-state index contributed by atoms with van der Waals surface area (Å²) in [5.74, 6) is 4.92. The lowest BCUT2D eigenvalue weighted by molar-refractivity contribution is 0.120. The van der Waals surface area contributed by atoms with Gasteiger partial charge in [0.2, 0.25) is 0 Å². The van der Waals surface area contributed by atoms with Crippen molar-refractivity contribution in [1.82, 2.24) is 0 Å². The molecule has 0 amide bonds. The Labute approximate surface area is 137 Å². The third-order valence-corrected chi connectivity index (χ3v) is 5.50. The van der Waals surface area contributed by atoms with Crippen LogP contribution in [0.25, 0.3) is 0 Å². The highest BCUT2D eigenvalue weighted by atomic mass is 14.3. The summed E-state index contributed by atoms with van der Waals surface area (Å²) in [6.45, 7) is 20.6. The Morgan fingerprint density at radius 2 is 1.05 bits per heavy atom. The van der Waals surface area contributed by atoms with Crippen LogP contribution in [0.5, 0.6) is 0 Å². The molecule has 0 spiro atoms. The first-order valence-corrected chi connectivity index (χ1v) is 9.83. The van der Waals surface area contributed by atoms with Crippen LogP contribution < -0.4 is 0 Å². The molecule has 1 aliphatic carbocycles. The molecule has 0 aromatic heterocycles. The van der Waals surface area contributed by atoms with Crippen LogP contribution in [0.15, 0.2) is 0 Å². The van der Waals surface area contributed by atoms with Crippen molar-refractivity contribution in [3.8, 4) is 0 Å². The molecule has 4 unspecified atom stereocenters. The lowest BCUT2D eigenvalue weighted by Gasteiger charge is -2.38. The van der Waals surface area contributed by atoms with Crippen LogP contribution in [0.1, 0.15) is 107 Å². The molecular formula is C21H46. The zero-order chi connectivity index (χ0) is 16.8. The van der Waals surface area contributed by atoms with Gasteiger partial charge in [0.1, 0.15) is 0 Å². The van der Waals surface area contributed by atoms with Crippen LogP contribution in [0.4, 0.5) is 0 Å². The van der Waals surface area contributed by atoms with Gasteiger partial charge in [-0.1, -0.05) is 101 Å². The van der Waals surface area contributed by atoms with Gasteiger partial charge in [-0.3, -0.25) is 0 Å². The Morgan fingerprint density at radius 3 is 1.10 bits per heavy atom. The van der Waals surface area contributed by atoms with E-state index >= 15 is 0 Å². The lowest BCUT2D eigenvalue weighted by atomic mass is 9.68. The first kappa shape index (κ1) is 23.3. The van der Waals surface area contributed by atoms with Gasteiger partial charge in [0.25, 0.3) is 0 Å². The van der Waals surface area contributed by atoms with E-state index in [1.54, 1.807) is 0 Å². The average molecular weight is 299 g/mol. The normalized spacial score (nSPS) is 26.4. The highest BCUT2D eigenvalue weighted by molar-refractivity contribution is 4.79. The molecule has 0 aromatic carbocycles. The maximum atomic E-state index is 2.35. The van der Waals surface area contributed by atoms with Crippen molar-refractivity contribution in [3.05, 3.63) is 0 Å². The monoisotopic (exact) mass is 298 g/mol.